The van der Waals surface area contributed by atoms with Crippen LogP contribution in [0.15, 0.2) is 18.2 Å². The lowest BCUT2D eigenvalue weighted by Gasteiger charge is -2.12. The van der Waals surface area contributed by atoms with Crippen molar-refractivity contribution in [1.82, 2.24) is 0 Å². The minimum Gasteiger partial charge on any atom is -0.437 e. The summed E-state index contributed by atoms with van der Waals surface area (Å²) in [4.78, 5) is 11.1. The lowest BCUT2D eigenvalue weighted by molar-refractivity contribution is 0.121. The Kier molecular flexibility index (Phi) is 3.90. The topological polar surface area (TPSA) is 59.3 Å². The van der Waals surface area contributed by atoms with Gasteiger partial charge in [-0.25, -0.2) is 4.79 Å². The molecule has 0 aromatic heterocycles. The Bertz CT molecular complexity index is 432. The molecule has 1 rings (SSSR count). The Balaban J connectivity index is 3.21. The molecule has 0 saturated heterocycles. The second kappa shape index (κ2) is 5.17. The van der Waals surface area contributed by atoms with Crippen LogP contribution in [-0.2, 0) is 4.74 Å². The van der Waals surface area contributed by atoms with Gasteiger partial charge in [-0.05, 0) is 17.5 Å². The van der Waals surface area contributed by atoms with E-state index in [-0.39, 0.29) is 11.7 Å². The van der Waals surface area contributed by atoms with Crippen molar-refractivity contribution < 1.29 is 14.3 Å². The molecule has 0 aliphatic heterocycles. The molecule has 84 valence electrons. The Morgan fingerprint density at radius 3 is 2.62 bits per heavy atom. The standard InChI is InChI=1S/C12H13NO3/c1-8(2)10-6-4-5-9(7-13)11(10)16-12(14)15-3/h4-6,8H,1-3H3. The zero-order chi connectivity index (χ0) is 12.1. The second-order valence-electron chi connectivity index (χ2n) is 3.55. The van der Waals surface area contributed by atoms with E-state index in [2.05, 4.69) is 4.74 Å². The van der Waals surface area contributed by atoms with E-state index in [0.717, 1.165) is 5.56 Å². The van der Waals surface area contributed by atoms with Gasteiger partial charge in [-0.1, -0.05) is 26.0 Å². The number of para-hydroxylation sites is 1. The summed E-state index contributed by atoms with van der Waals surface area (Å²) in [6, 6.07) is 7.17. The Hall–Kier alpha value is -2.02. The number of hydrogen-bond acceptors (Lipinski definition) is 4. The van der Waals surface area contributed by atoms with E-state index in [1.54, 1.807) is 12.1 Å². The van der Waals surface area contributed by atoms with Crippen LogP contribution < -0.4 is 4.74 Å². The van der Waals surface area contributed by atoms with Crippen molar-refractivity contribution in [3.05, 3.63) is 29.3 Å². The highest BCUT2D eigenvalue weighted by Gasteiger charge is 2.16. The first kappa shape index (κ1) is 12.1. The summed E-state index contributed by atoms with van der Waals surface area (Å²) in [6.07, 6.45) is -0.815. The number of nitriles is 1. The lowest BCUT2D eigenvalue weighted by atomic mass is 9.99. The van der Waals surface area contributed by atoms with Crippen LogP contribution in [0.4, 0.5) is 4.79 Å². The summed E-state index contributed by atoms with van der Waals surface area (Å²) < 4.78 is 9.41. The molecule has 4 heteroatoms. The molecular formula is C12H13NO3. The predicted molar refractivity (Wildman–Crippen MR) is 58.3 cm³/mol. The van der Waals surface area contributed by atoms with E-state index in [4.69, 9.17) is 10.00 Å². The van der Waals surface area contributed by atoms with Crippen LogP contribution in [0.25, 0.3) is 0 Å². The number of rotatable bonds is 2. The van der Waals surface area contributed by atoms with Crippen LogP contribution >= 0.6 is 0 Å². The minimum absolute atomic E-state index is 0.160. The van der Waals surface area contributed by atoms with Crippen LogP contribution in [0, 0.1) is 11.3 Å². The first-order chi connectivity index (χ1) is 7.60. The SMILES string of the molecule is COC(=O)Oc1c(C#N)cccc1C(C)C. The highest BCUT2D eigenvalue weighted by Crippen LogP contribution is 2.29. The van der Waals surface area contributed by atoms with Gasteiger partial charge in [-0.2, -0.15) is 5.26 Å². The third-order valence-corrected chi connectivity index (χ3v) is 2.14. The summed E-state index contributed by atoms with van der Waals surface area (Å²) in [5.74, 6) is 0.444. The molecular weight excluding hydrogens is 206 g/mol. The van der Waals surface area contributed by atoms with Crippen LogP contribution in [-0.4, -0.2) is 13.3 Å². The van der Waals surface area contributed by atoms with Crippen molar-refractivity contribution >= 4 is 6.16 Å². The summed E-state index contributed by atoms with van der Waals surface area (Å²) in [5.41, 5.74) is 1.14. The number of benzene rings is 1. The fraction of sp³-hybridized carbons (Fsp3) is 0.333. The maximum absolute atomic E-state index is 11.1. The van der Waals surface area contributed by atoms with E-state index in [1.165, 1.54) is 7.11 Å². The molecule has 0 atom stereocenters. The number of hydrogen-bond donors (Lipinski definition) is 0. The zero-order valence-corrected chi connectivity index (χ0v) is 9.48. The highest BCUT2D eigenvalue weighted by atomic mass is 16.7. The van der Waals surface area contributed by atoms with Crippen LogP contribution in [0.5, 0.6) is 5.75 Å². The molecule has 0 saturated carbocycles. The molecule has 0 amide bonds. The van der Waals surface area contributed by atoms with Crippen molar-refractivity contribution in [2.75, 3.05) is 7.11 Å². The number of carbonyl (C=O) groups is 1. The van der Waals surface area contributed by atoms with Gasteiger partial charge >= 0.3 is 6.16 Å². The number of carbonyl (C=O) groups excluding carboxylic acids is 1. The summed E-state index contributed by atoms with van der Waals surface area (Å²) >= 11 is 0. The summed E-state index contributed by atoms with van der Waals surface area (Å²) in [5, 5.41) is 8.93. The first-order valence-electron chi connectivity index (χ1n) is 4.89. The second-order valence-corrected chi connectivity index (χ2v) is 3.55. The Labute approximate surface area is 94.4 Å². The van der Waals surface area contributed by atoms with Gasteiger partial charge in [-0.3, -0.25) is 0 Å². The van der Waals surface area contributed by atoms with Gasteiger partial charge in [-0.15, -0.1) is 0 Å². The molecule has 1 aromatic rings. The minimum atomic E-state index is -0.815. The summed E-state index contributed by atoms with van der Waals surface area (Å²) in [7, 11) is 1.23. The van der Waals surface area contributed by atoms with Crippen molar-refractivity contribution in [2.45, 2.75) is 19.8 Å². The molecule has 0 aliphatic carbocycles. The molecule has 0 fully saturated rings. The third-order valence-electron chi connectivity index (χ3n) is 2.14. The molecule has 0 aliphatic rings. The highest BCUT2D eigenvalue weighted by molar-refractivity contribution is 5.66. The van der Waals surface area contributed by atoms with Gasteiger partial charge in [0.2, 0.25) is 0 Å². The van der Waals surface area contributed by atoms with Gasteiger partial charge in [0.15, 0.2) is 5.75 Å². The van der Waals surface area contributed by atoms with Crippen molar-refractivity contribution in [2.24, 2.45) is 0 Å². The van der Waals surface area contributed by atoms with Gasteiger partial charge in [0, 0.05) is 0 Å². The largest absolute Gasteiger partial charge is 0.513 e. The Morgan fingerprint density at radius 1 is 1.44 bits per heavy atom. The van der Waals surface area contributed by atoms with Crippen LogP contribution in [0.1, 0.15) is 30.9 Å². The maximum Gasteiger partial charge on any atom is 0.513 e. The van der Waals surface area contributed by atoms with Gasteiger partial charge in [0.1, 0.15) is 6.07 Å². The predicted octanol–water partition coefficient (Wildman–Crippen LogP) is 2.83. The molecule has 0 radical (unpaired) electrons. The Morgan fingerprint density at radius 2 is 2.12 bits per heavy atom. The lowest BCUT2D eigenvalue weighted by Crippen LogP contribution is -2.10. The van der Waals surface area contributed by atoms with Crippen molar-refractivity contribution in [3.63, 3.8) is 0 Å². The molecule has 4 nitrogen and oxygen atoms in total. The van der Waals surface area contributed by atoms with E-state index in [1.807, 2.05) is 26.0 Å². The molecule has 0 spiro atoms. The van der Waals surface area contributed by atoms with E-state index in [0.29, 0.717) is 5.56 Å². The molecule has 16 heavy (non-hydrogen) atoms. The van der Waals surface area contributed by atoms with Crippen molar-refractivity contribution in [3.8, 4) is 11.8 Å². The molecule has 0 heterocycles. The quantitative estimate of drug-likeness (QED) is 0.566. The van der Waals surface area contributed by atoms with Gasteiger partial charge < -0.3 is 9.47 Å². The molecule has 0 unspecified atom stereocenters. The van der Waals surface area contributed by atoms with Gasteiger partial charge in [0.05, 0.1) is 12.7 Å². The fourth-order valence-electron chi connectivity index (χ4n) is 1.34. The average Bonchev–Trinajstić information content (AvgIpc) is 2.28. The van der Waals surface area contributed by atoms with Crippen LogP contribution in [0.2, 0.25) is 0 Å². The zero-order valence-electron chi connectivity index (χ0n) is 9.48. The van der Waals surface area contributed by atoms with E-state index in [9.17, 15) is 4.79 Å². The monoisotopic (exact) mass is 219 g/mol. The molecule has 1 aromatic carbocycles. The van der Waals surface area contributed by atoms with Gasteiger partial charge in [0.25, 0.3) is 0 Å². The average molecular weight is 219 g/mol. The smallest absolute Gasteiger partial charge is 0.437 e. The first-order valence-corrected chi connectivity index (χ1v) is 4.89. The van der Waals surface area contributed by atoms with Crippen LogP contribution in [0.3, 0.4) is 0 Å². The summed E-state index contributed by atoms with van der Waals surface area (Å²) in [6.45, 7) is 3.92. The molecule has 0 N–H and O–H groups in total. The van der Waals surface area contributed by atoms with E-state index < -0.39 is 6.16 Å². The van der Waals surface area contributed by atoms with E-state index >= 15 is 0 Å². The molecule has 0 bridgehead atoms. The normalized spacial score (nSPS) is 9.69. The number of ether oxygens (including phenoxy) is 2. The third kappa shape index (κ3) is 2.51. The number of methoxy groups -OCH3 is 1. The van der Waals surface area contributed by atoms with Crippen molar-refractivity contribution in [1.29, 1.82) is 5.26 Å². The fourth-order valence-corrected chi connectivity index (χ4v) is 1.34. The maximum atomic E-state index is 11.1. The number of nitrogens with zero attached hydrogens (tertiary/aromatic N) is 1.